The Morgan fingerprint density at radius 1 is 1.14 bits per heavy atom. The van der Waals surface area contributed by atoms with E-state index in [1.54, 1.807) is 25.3 Å². The van der Waals surface area contributed by atoms with Gasteiger partial charge in [-0.1, -0.05) is 11.3 Å². The first-order chi connectivity index (χ1) is 13.6. The van der Waals surface area contributed by atoms with Crippen LogP contribution in [0.25, 0.3) is 10.2 Å². The zero-order valence-corrected chi connectivity index (χ0v) is 17.0. The SMILES string of the molecule is COCCn1c(=NC(=O)c2ccc3c(c2)OCCO3)sc2cc(C)c(C)cc21. The number of carbonyl (C=O) groups is 1. The molecule has 1 amide bonds. The number of hydrogen-bond donors (Lipinski definition) is 0. The van der Waals surface area contributed by atoms with Crippen LogP contribution in [0.5, 0.6) is 11.5 Å². The van der Waals surface area contributed by atoms with Crippen LogP contribution in [0.2, 0.25) is 0 Å². The molecule has 28 heavy (non-hydrogen) atoms. The molecule has 6 nitrogen and oxygen atoms in total. The van der Waals surface area contributed by atoms with Crippen LogP contribution in [0.1, 0.15) is 21.5 Å². The van der Waals surface area contributed by atoms with E-state index in [0.29, 0.717) is 48.2 Å². The monoisotopic (exact) mass is 398 g/mol. The highest BCUT2D eigenvalue weighted by molar-refractivity contribution is 7.16. The first-order valence-electron chi connectivity index (χ1n) is 9.15. The lowest BCUT2D eigenvalue weighted by Gasteiger charge is -2.18. The molecule has 1 aromatic heterocycles. The van der Waals surface area contributed by atoms with Gasteiger partial charge in [0.15, 0.2) is 16.3 Å². The van der Waals surface area contributed by atoms with Crippen molar-refractivity contribution in [2.45, 2.75) is 20.4 Å². The molecule has 3 aromatic rings. The molecule has 146 valence electrons. The molecular weight excluding hydrogens is 376 g/mol. The van der Waals surface area contributed by atoms with Gasteiger partial charge >= 0.3 is 0 Å². The molecule has 0 fully saturated rings. The van der Waals surface area contributed by atoms with Crippen molar-refractivity contribution in [3.05, 3.63) is 51.8 Å². The van der Waals surface area contributed by atoms with E-state index >= 15 is 0 Å². The van der Waals surface area contributed by atoms with Gasteiger partial charge in [-0.05, 0) is 55.3 Å². The Morgan fingerprint density at radius 2 is 1.89 bits per heavy atom. The number of ether oxygens (including phenoxy) is 3. The van der Waals surface area contributed by atoms with E-state index in [-0.39, 0.29) is 5.91 Å². The van der Waals surface area contributed by atoms with Crippen molar-refractivity contribution < 1.29 is 19.0 Å². The maximum absolute atomic E-state index is 12.8. The Bertz CT molecular complexity index is 1110. The van der Waals surface area contributed by atoms with Crippen molar-refractivity contribution >= 4 is 27.5 Å². The maximum atomic E-state index is 12.8. The van der Waals surface area contributed by atoms with Crippen LogP contribution < -0.4 is 14.3 Å². The highest BCUT2D eigenvalue weighted by Gasteiger charge is 2.15. The number of aryl methyl sites for hydroxylation is 2. The van der Waals surface area contributed by atoms with Gasteiger partial charge in [-0.2, -0.15) is 4.99 Å². The minimum atomic E-state index is -0.303. The largest absolute Gasteiger partial charge is 0.486 e. The van der Waals surface area contributed by atoms with Crippen LogP contribution in [0.15, 0.2) is 35.3 Å². The normalized spacial score (nSPS) is 13.9. The minimum absolute atomic E-state index is 0.303. The summed E-state index contributed by atoms with van der Waals surface area (Å²) in [5.41, 5.74) is 3.98. The van der Waals surface area contributed by atoms with Gasteiger partial charge in [0.05, 0.1) is 16.8 Å². The summed E-state index contributed by atoms with van der Waals surface area (Å²) in [5, 5.41) is 0. The number of nitrogens with zero attached hydrogens (tertiary/aromatic N) is 2. The summed E-state index contributed by atoms with van der Waals surface area (Å²) in [7, 11) is 1.67. The van der Waals surface area contributed by atoms with E-state index in [4.69, 9.17) is 14.2 Å². The van der Waals surface area contributed by atoms with Crippen LogP contribution in [-0.2, 0) is 11.3 Å². The molecule has 2 heterocycles. The van der Waals surface area contributed by atoms with Crippen LogP contribution in [0.4, 0.5) is 0 Å². The van der Waals surface area contributed by atoms with Crippen molar-refractivity contribution in [1.29, 1.82) is 0 Å². The van der Waals surface area contributed by atoms with E-state index in [0.717, 1.165) is 10.2 Å². The smallest absolute Gasteiger partial charge is 0.279 e. The summed E-state index contributed by atoms with van der Waals surface area (Å²) in [6, 6.07) is 9.46. The number of amides is 1. The van der Waals surface area contributed by atoms with Gasteiger partial charge in [0.25, 0.3) is 5.91 Å². The number of benzene rings is 2. The van der Waals surface area contributed by atoms with E-state index in [1.807, 2.05) is 4.57 Å². The first-order valence-corrected chi connectivity index (χ1v) is 9.96. The predicted molar refractivity (Wildman–Crippen MR) is 108 cm³/mol. The average Bonchev–Trinajstić information content (AvgIpc) is 3.02. The minimum Gasteiger partial charge on any atom is -0.486 e. The average molecular weight is 398 g/mol. The van der Waals surface area contributed by atoms with E-state index in [2.05, 4.69) is 31.0 Å². The van der Waals surface area contributed by atoms with Crippen LogP contribution in [0.3, 0.4) is 0 Å². The van der Waals surface area contributed by atoms with Gasteiger partial charge in [0, 0.05) is 19.2 Å². The molecular formula is C21H22N2O4S. The number of aromatic nitrogens is 1. The quantitative estimate of drug-likeness (QED) is 0.675. The molecule has 0 spiro atoms. The van der Waals surface area contributed by atoms with Crippen molar-refractivity contribution in [2.75, 3.05) is 26.9 Å². The zero-order valence-electron chi connectivity index (χ0n) is 16.2. The molecule has 0 radical (unpaired) electrons. The number of carbonyl (C=O) groups excluding carboxylic acids is 1. The summed E-state index contributed by atoms with van der Waals surface area (Å²) < 4.78 is 19.5. The standard InChI is InChI=1S/C21H22N2O4S/c1-13-10-16-19(11-14(13)2)28-21(23(16)6-7-25-3)22-20(24)15-4-5-17-18(12-15)27-9-8-26-17/h4-5,10-12H,6-9H2,1-3H3. The molecule has 0 N–H and O–H groups in total. The fraction of sp³-hybridized carbons (Fsp3) is 0.333. The van der Waals surface area contributed by atoms with E-state index in [1.165, 1.54) is 22.5 Å². The molecule has 0 unspecified atom stereocenters. The number of thiazole rings is 1. The predicted octanol–water partition coefficient (Wildman–Crippen LogP) is 3.48. The fourth-order valence-corrected chi connectivity index (χ4v) is 4.27. The van der Waals surface area contributed by atoms with Crippen LogP contribution in [-0.4, -0.2) is 37.4 Å². The molecule has 1 aliphatic rings. The van der Waals surface area contributed by atoms with Gasteiger partial charge in [0.1, 0.15) is 13.2 Å². The molecule has 4 rings (SSSR count). The topological polar surface area (TPSA) is 62.1 Å². The number of rotatable bonds is 4. The fourth-order valence-electron chi connectivity index (χ4n) is 3.13. The summed E-state index contributed by atoms with van der Waals surface area (Å²) in [6.45, 7) is 6.35. The lowest BCUT2D eigenvalue weighted by Crippen LogP contribution is -2.19. The zero-order chi connectivity index (χ0) is 19.7. The Balaban J connectivity index is 1.78. The second kappa shape index (κ2) is 7.77. The number of methoxy groups -OCH3 is 1. The second-order valence-corrected chi connectivity index (χ2v) is 7.72. The van der Waals surface area contributed by atoms with Crippen molar-refractivity contribution in [1.82, 2.24) is 4.57 Å². The van der Waals surface area contributed by atoms with E-state index in [9.17, 15) is 4.79 Å². The maximum Gasteiger partial charge on any atom is 0.279 e. The number of hydrogen-bond acceptors (Lipinski definition) is 5. The lowest BCUT2D eigenvalue weighted by atomic mass is 10.1. The lowest BCUT2D eigenvalue weighted by molar-refractivity contribution is 0.0996. The summed E-state index contributed by atoms with van der Waals surface area (Å²) in [4.78, 5) is 17.9. The third kappa shape index (κ3) is 3.55. The molecule has 2 aromatic carbocycles. The summed E-state index contributed by atoms with van der Waals surface area (Å²) >= 11 is 1.51. The third-order valence-electron chi connectivity index (χ3n) is 4.80. The Kier molecular flexibility index (Phi) is 5.19. The highest BCUT2D eigenvalue weighted by atomic mass is 32.1. The Hall–Kier alpha value is -2.64. The van der Waals surface area contributed by atoms with Crippen LogP contribution in [0, 0.1) is 13.8 Å². The molecule has 1 aliphatic heterocycles. The molecule has 0 aliphatic carbocycles. The second-order valence-electron chi connectivity index (χ2n) is 6.71. The third-order valence-corrected chi connectivity index (χ3v) is 5.84. The van der Waals surface area contributed by atoms with Crippen molar-refractivity contribution in [3.63, 3.8) is 0 Å². The Labute approximate surface area is 167 Å². The van der Waals surface area contributed by atoms with Gasteiger partial charge < -0.3 is 18.8 Å². The van der Waals surface area contributed by atoms with Crippen molar-refractivity contribution in [3.8, 4) is 11.5 Å². The van der Waals surface area contributed by atoms with Gasteiger partial charge in [0.2, 0.25) is 0 Å². The van der Waals surface area contributed by atoms with Crippen LogP contribution >= 0.6 is 11.3 Å². The van der Waals surface area contributed by atoms with Gasteiger partial charge in [-0.15, -0.1) is 0 Å². The highest BCUT2D eigenvalue weighted by Crippen LogP contribution is 2.31. The first kappa shape index (κ1) is 18.7. The van der Waals surface area contributed by atoms with E-state index < -0.39 is 0 Å². The molecule has 0 atom stereocenters. The van der Waals surface area contributed by atoms with Crippen molar-refractivity contribution in [2.24, 2.45) is 4.99 Å². The number of fused-ring (bicyclic) bond motifs is 2. The molecule has 0 bridgehead atoms. The Morgan fingerprint density at radius 3 is 2.68 bits per heavy atom. The molecule has 0 saturated heterocycles. The molecule has 7 heteroatoms. The summed E-state index contributed by atoms with van der Waals surface area (Å²) in [5.74, 6) is 0.941. The van der Waals surface area contributed by atoms with Gasteiger partial charge in [-0.25, -0.2) is 0 Å². The molecule has 0 saturated carbocycles. The van der Waals surface area contributed by atoms with Gasteiger partial charge in [-0.3, -0.25) is 4.79 Å². The summed E-state index contributed by atoms with van der Waals surface area (Å²) in [6.07, 6.45) is 0.